The average Bonchev–Trinajstić information content (AvgIpc) is 2.38. The van der Waals surface area contributed by atoms with Gasteiger partial charge in [0.25, 0.3) is 0 Å². The molecular formula is C16H21NO3. The zero-order valence-corrected chi connectivity index (χ0v) is 12.1. The van der Waals surface area contributed by atoms with Gasteiger partial charge in [0.15, 0.2) is 0 Å². The highest BCUT2D eigenvalue weighted by Crippen LogP contribution is 2.22. The third-order valence-corrected chi connectivity index (χ3v) is 3.02. The van der Waals surface area contributed by atoms with Crippen molar-refractivity contribution in [3.8, 4) is 11.8 Å². The van der Waals surface area contributed by atoms with Crippen LogP contribution in [0.4, 0.5) is 0 Å². The molecule has 0 spiro atoms. The first-order valence-corrected chi connectivity index (χ1v) is 6.78. The van der Waals surface area contributed by atoms with E-state index in [0.717, 1.165) is 24.8 Å². The molecule has 0 amide bonds. The number of hydrogen-bond acceptors (Lipinski definition) is 3. The first kappa shape index (κ1) is 16.0. The number of nitrogens with zero attached hydrogens (tertiary/aromatic N) is 1. The van der Waals surface area contributed by atoms with E-state index in [1.54, 1.807) is 18.2 Å². The van der Waals surface area contributed by atoms with Gasteiger partial charge in [-0.25, -0.2) is 0 Å². The maximum Gasteiger partial charge on any atom is 0.307 e. The molecule has 0 radical (unpaired) electrons. The largest absolute Gasteiger partial charge is 0.494 e. The van der Waals surface area contributed by atoms with E-state index < -0.39 is 5.97 Å². The van der Waals surface area contributed by atoms with Crippen molar-refractivity contribution >= 4 is 5.97 Å². The van der Waals surface area contributed by atoms with Gasteiger partial charge < -0.3 is 9.84 Å². The molecule has 0 atom stereocenters. The summed E-state index contributed by atoms with van der Waals surface area (Å²) in [5, 5.41) is 17.6. The monoisotopic (exact) mass is 275 g/mol. The summed E-state index contributed by atoms with van der Waals surface area (Å²) in [5.41, 5.74) is 0.460. The first-order chi connectivity index (χ1) is 9.43. The SMILES string of the molecule is CC(C)(C#N)CCCCOc1cccc(CC(=O)O)c1. The zero-order valence-electron chi connectivity index (χ0n) is 12.1. The van der Waals surface area contributed by atoms with E-state index >= 15 is 0 Å². The van der Waals surface area contributed by atoms with Crippen molar-refractivity contribution in [3.63, 3.8) is 0 Å². The van der Waals surface area contributed by atoms with Gasteiger partial charge in [-0.1, -0.05) is 12.1 Å². The van der Waals surface area contributed by atoms with Crippen molar-refractivity contribution in [2.45, 2.75) is 39.5 Å². The lowest BCUT2D eigenvalue weighted by Crippen LogP contribution is -2.08. The third kappa shape index (κ3) is 6.24. The predicted molar refractivity (Wildman–Crippen MR) is 76.5 cm³/mol. The normalized spacial score (nSPS) is 10.8. The number of rotatable bonds is 8. The van der Waals surface area contributed by atoms with E-state index in [0.29, 0.717) is 12.4 Å². The molecule has 20 heavy (non-hydrogen) atoms. The van der Waals surface area contributed by atoms with Gasteiger partial charge in [-0.3, -0.25) is 4.79 Å². The van der Waals surface area contributed by atoms with E-state index in [4.69, 9.17) is 15.1 Å². The second kappa shape index (κ2) is 7.54. The van der Waals surface area contributed by atoms with Gasteiger partial charge in [-0.2, -0.15) is 5.26 Å². The smallest absolute Gasteiger partial charge is 0.307 e. The Morgan fingerprint density at radius 1 is 1.40 bits per heavy atom. The summed E-state index contributed by atoms with van der Waals surface area (Å²) >= 11 is 0. The standard InChI is InChI=1S/C16H21NO3/c1-16(2,12-17)8-3-4-9-20-14-7-5-6-13(10-14)11-15(18)19/h5-7,10H,3-4,8-9,11H2,1-2H3,(H,18,19). The summed E-state index contributed by atoms with van der Waals surface area (Å²) in [6.45, 7) is 4.45. The quantitative estimate of drug-likeness (QED) is 0.738. The minimum Gasteiger partial charge on any atom is -0.494 e. The summed E-state index contributed by atoms with van der Waals surface area (Å²) in [6.07, 6.45) is 2.68. The average molecular weight is 275 g/mol. The summed E-state index contributed by atoms with van der Waals surface area (Å²) in [4.78, 5) is 10.6. The van der Waals surface area contributed by atoms with Crippen molar-refractivity contribution in [2.75, 3.05) is 6.61 Å². The molecule has 0 aliphatic carbocycles. The van der Waals surface area contributed by atoms with E-state index in [-0.39, 0.29) is 11.8 Å². The fourth-order valence-corrected chi connectivity index (χ4v) is 1.83. The lowest BCUT2D eigenvalue weighted by molar-refractivity contribution is -0.136. The molecular weight excluding hydrogens is 254 g/mol. The highest BCUT2D eigenvalue weighted by atomic mass is 16.5. The summed E-state index contributed by atoms with van der Waals surface area (Å²) < 4.78 is 5.60. The van der Waals surface area contributed by atoms with Crippen LogP contribution in [-0.2, 0) is 11.2 Å². The lowest BCUT2D eigenvalue weighted by Gasteiger charge is -2.14. The number of nitriles is 1. The van der Waals surface area contributed by atoms with Crippen LogP contribution in [0.25, 0.3) is 0 Å². The van der Waals surface area contributed by atoms with Gasteiger partial charge in [0.1, 0.15) is 5.75 Å². The first-order valence-electron chi connectivity index (χ1n) is 6.78. The molecule has 0 aromatic heterocycles. The van der Waals surface area contributed by atoms with E-state index in [9.17, 15) is 4.79 Å². The number of benzene rings is 1. The Bertz CT molecular complexity index is 489. The molecule has 4 heteroatoms. The Kier molecular flexibility index (Phi) is 6.05. The minimum absolute atomic E-state index is 0.00750. The van der Waals surface area contributed by atoms with Crippen LogP contribution in [0, 0.1) is 16.7 Å². The Hall–Kier alpha value is -2.02. The number of carbonyl (C=O) groups is 1. The van der Waals surface area contributed by atoms with Crippen LogP contribution < -0.4 is 4.74 Å². The second-order valence-corrected chi connectivity index (χ2v) is 5.52. The van der Waals surface area contributed by atoms with Crippen LogP contribution in [-0.4, -0.2) is 17.7 Å². The maximum atomic E-state index is 10.6. The molecule has 1 aromatic carbocycles. The van der Waals surface area contributed by atoms with E-state index in [1.165, 1.54) is 0 Å². The number of ether oxygens (including phenoxy) is 1. The van der Waals surface area contributed by atoms with Crippen LogP contribution in [0.3, 0.4) is 0 Å². The van der Waals surface area contributed by atoms with Crippen molar-refractivity contribution in [2.24, 2.45) is 5.41 Å². The summed E-state index contributed by atoms with van der Waals surface area (Å²) in [5.74, 6) is -0.149. The fourth-order valence-electron chi connectivity index (χ4n) is 1.83. The van der Waals surface area contributed by atoms with E-state index in [2.05, 4.69) is 6.07 Å². The predicted octanol–water partition coefficient (Wildman–Crippen LogP) is 3.41. The molecule has 0 aliphatic rings. The molecule has 0 heterocycles. The summed E-state index contributed by atoms with van der Waals surface area (Å²) in [6, 6.07) is 9.43. The van der Waals surface area contributed by atoms with Crippen molar-refractivity contribution in [1.29, 1.82) is 5.26 Å². The van der Waals surface area contributed by atoms with Crippen LogP contribution in [0.1, 0.15) is 38.7 Å². The molecule has 0 fully saturated rings. The Morgan fingerprint density at radius 2 is 2.15 bits per heavy atom. The Balaban J connectivity index is 2.32. The van der Waals surface area contributed by atoms with Crippen LogP contribution in [0.15, 0.2) is 24.3 Å². The molecule has 4 nitrogen and oxygen atoms in total. The molecule has 1 rings (SSSR count). The molecule has 0 aliphatic heterocycles. The molecule has 1 N–H and O–H groups in total. The molecule has 0 bridgehead atoms. The molecule has 0 unspecified atom stereocenters. The second-order valence-electron chi connectivity index (χ2n) is 5.52. The number of carboxylic acid groups (broad SMARTS) is 1. The number of unbranched alkanes of at least 4 members (excludes halogenated alkanes) is 1. The number of hydrogen-bond donors (Lipinski definition) is 1. The van der Waals surface area contributed by atoms with Crippen LogP contribution >= 0.6 is 0 Å². The minimum atomic E-state index is -0.846. The molecule has 1 aromatic rings. The van der Waals surface area contributed by atoms with Crippen molar-refractivity contribution in [1.82, 2.24) is 0 Å². The van der Waals surface area contributed by atoms with Gasteiger partial charge >= 0.3 is 5.97 Å². The topological polar surface area (TPSA) is 70.3 Å². The molecule has 0 saturated heterocycles. The van der Waals surface area contributed by atoms with Gasteiger partial charge in [0, 0.05) is 0 Å². The Morgan fingerprint density at radius 3 is 2.80 bits per heavy atom. The van der Waals surface area contributed by atoms with Gasteiger partial charge in [-0.05, 0) is 50.8 Å². The third-order valence-electron chi connectivity index (χ3n) is 3.02. The maximum absolute atomic E-state index is 10.6. The Labute approximate surface area is 120 Å². The van der Waals surface area contributed by atoms with Gasteiger partial charge in [0.05, 0.1) is 24.5 Å². The number of aliphatic carboxylic acids is 1. The van der Waals surface area contributed by atoms with Crippen molar-refractivity contribution < 1.29 is 14.6 Å². The number of carboxylic acids is 1. The fraction of sp³-hybridized carbons (Fsp3) is 0.500. The molecule has 0 saturated carbocycles. The highest BCUT2D eigenvalue weighted by molar-refractivity contribution is 5.70. The van der Waals surface area contributed by atoms with Crippen LogP contribution in [0.5, 0.6) is 5.75 Å². The van der Waals surface area contributed by atoms with Crippen LogP contribution in [0.2, 0.25) is 0 Å². The zero-order chi connectivity index (χ0) is 15.0. The lowest BCUT2D eigenvalue weighted by atomic mass is 9.89. The van der Waals surface area contributed by atoms with Gasteiger partial charge in [-0.15, -0.1) is 0 Å². The molecule has 108 valence electrons. The summed E-state index contributed by atoms with van der Waals surface area (Å²) in [7, 11) is 0. The van der Waals surface area contributed by atoms with E-state index in [1.807, 2.05) is 19.9 Å². The van der Waals surface area contributed by atoms with Gasteiger partial charge in [0.2, 0.25) is 0 Å². The van der Waals surface area contributed by atoms with Crippen molar-refractivity contribution in [3.05, 3.63) is 29.8 Å². The highest BCUT2D eigenvalue weighted by Gasteiger charge is 2.15.